The van der Waals surface area contributed by atoms with Gasteiger partial charge < -0.3 is 15.0 Å². The molecule has 6 rings (SSSR count). The van der Waals surface area contributed by atoms with Crippen LogP contribution >= 0.6 is 11.3 Å². The SMILES string of the molecule is COc1nc(NC(=O)c2nc3ccc(N4CC[C@H](N5CCC5)C4)nc3s2)cn2cc(C)nc12. The number of aryl methyl sites for hydroxylation is 1. The van der Waals surface area contributed by atoms with E-state index in [1.807, 2.05) is 25.3 Å². The van der Waals surface area contributed by atoms with E-state index in [4.69, 9.17) is 9.72 Å². The number of fused-ring (bicyclic) bond motifs is 2. The number of hydrogen-bond donors (Lipinski definition) is 1. The Hall–Kier alpha value is -3.31. The number of ether oxygens (including phenoxy) is 1. The van der Waals surface area contributed by atoms with Crippen LogP contribution < -0.4 is 15.0 Å². The van der Waals surface area contributed by atoms with Crippen LogP contribution in [0.15, 0.2) is 24.5 Å². The summed E-state index contributed by atoms with van der Waals surface area (Å²) in [6, 6.07) is 4.58. The standard InChI is InChI=1S/C22H24N8O2S/c1-13-10-30-12-16(26-20(32-2)18(30)23-13)25-19(31)22-24-15-4-5-17(27-21(15)33-22)29-9-6-14(11-29)28-7-3-8-28/h4-5,10,12,14H,3,6-9,11H2,1-2H3,(H,25,31)/t14-/m0/s1. The monoisotopic (exact) mass is 464 g/mol. The number of imidazole rings is 1. The molecule has 1 amide bonds. The van der Waals surface area contributed by atoms with Crippen LogP contribution in [0.4, 0.5) is 11.6 Å². The summed E-state index contributed by atoms with van der Waals surface area (Å²) in [6.45, 7) is 6.34. The van der Waals surface area contributed by atoms with Crippen LogP contribution in [-0.2, 0) is 0 Å². The third-order valence-corrected chi connectivity index (χ3v) is 7.26. The molecule has 10 nitrogen and oxygen atoms in total. The summed E-state index contributed by atoms with van der Waals surface area (Å²) in [5.74, 6) is 1.33. The van der Waals surface area contributed by atoms with Gasteiger partial charge in [0, 0.05) is 25.3 Å². The highest BCUT2D eigenvalue weighted by Crippen LogP contribution is 2.28. The Labute approximate surface area is 194 Å². The van der Waals surface area contributed by atoms with E-state index in [0.29, 0.717) is 28.4 Å². The summed E-state index contributed by atoms with van der Waals surface area (Å²) in [5, 5.41) is 3.17. The molecule has 0 aromatic carbocycles. The highest BCUT2D eigenvalue weighted by atomic mass is 32.1. The van der Waals surface area contributed by atoms with Crippen molar-refractivity contribution in [2.45, 2.75) is 25.8 Å². The maximum Gasteiger partial charge on any atom is 0.285 e. The molecule has 170 valence electrons. The van der Waals surface area contributed by atoms with Crippen molar-refractivity contribution < 1.29 is 9.53 Å². The van der Waals surface area contributed by atoms with Crippen molar-refractivity contribution in [1.29, 1.82) is 0 Å². The fourth-order valence-electron chi connectivity index (χ4n) is 4.49. The molecule has 4 aromatic heterocycles. The zero-order chi connectivity index (χ0) is 22.5. The first-order chi connectivity index (χ1) is 16.1. The molecule has 0 aliphatic carbocycles. The number of amides is 1. The maximum absolute atomic E-state index is 12.9. The molecule has 6 heterocycles. The largest absolute Gasteiger partial charge is 0.478 e. The lowest BCUT2D eigenvalue weighted by Gasteiger charge is -2.36. The number of hydrogen-bond acceptors (Lipinski definition) is 9. The second-order valence-electron chi connectivity index (χ2n) is 8.49. The minimum absolute atomic E-state index is 0.329. The minimum atomic E-state index is -0.329. The molecule has 1 N–H and O–H groups in total. The van der Waals surface area contributed by atoms with Crippen molar-refractivity contribution in [3.63, 3.8) is 0 Å². The number of thiazole rings is 1. The summed E-state index contributed by atoms with van der Waals surface area (Å²) in [5.41, 5.74) is 2.16. The van der Waals surface area contributed by atoms with Gasteiger partial charge in [0.1, 0.15) is 16.2 Å². The first-order valence-electron chi connectivity index (χ1n) is 11.1. The Morgan fingerprint density at radius 2 is 2.03 bits per heavy atom. The van der Waals surface area contributed by atoms with E-state index in [9.17, 15) is 4.79 Å². The topological polar surface area (TPSA) is 101 Å². The molecule has 0 spiro atoms. The number of nitrogens with zero attached hydrogens (tertiary/aromatic N) is 7. The first-order valence-corrected chi connectivity index (χ1v) is 11.9. The third kappa shape index (κ3) is 3.66. The van der Waals surface area contributed by atoms with Crippen LogP contribution in [0, 0.1) is 6.92 Å². The Morgan fingerprint density at radius 3 is 2.82 bits per heavy atom. The predicted molar refractivity (Wildman–Crippen MR) is 126 cm³/mol. The molecule has 0 radical (unpaired) electrons. The molecular formula is C22H24N8O2S. The molecule has 0 bridgehead atoms. The Morgan fingerprint density at radius 1 is 1.15 bits per heavy atom. The molecule has 0 saturated carbocycles. The van der Waals surface area contributed by atoms with Crippen LogP contribution in [0.2, 0.25) is 0 Å². The summed E-state index contributed by atoms with van der Waals surface area (Å²) < 4.78 is 7.12. The van der Waals surface area contributed by atoms with Gasteiger partial charge in [-0.05, 0) is 45.0 Å². The van der Waals surface area contributed by atoms with E-state index in [2.05, 4.69) is 30.1 Å². The van der Waals surface area contributed by atoms with E-state index in [1.165, 1.54) is 44.4 Å². The van der Waals surface area contributed by atoms with Gasteiger partial charge in [0.25, 0.3) is 11.8 Å². The van der Waals surface area contributed by atoms with Crippen LogP contribution in [-0.4, -0.2) is 74.5 Å². The number of likely N-dealkylation sites (tertiary alicyclic amines) is 1. The second-order valence-corrected chi connectivity index (χ2v) is 9.47. The van der Waals surface area contributed by atoms with Gasteiger partial charge in [-0.15, -0.1) is 0 Å². The van der Waals surface area contributed by atoms with E-state index < -0.39 is 0 Å². The molecule has 2 saturated heterocycles. The zero-order valence-corrected chi connectivity index (χ0v) is 19.3. The van der Waals surface area contributed by atoms with Crippen LogP contribution in [0.3, 0.4) is 0 Å². The van der Waals surface area contributed by atoms with Crippen molar-refractivity contribution >= 4 is 44.9 Å². The summed E-state index contributed by atoms with van der Waals surface area (Å²) in [6.07, 6.45) is 6.04. The number of carbonyl (C=O) groups is 1. The van der Waals surface area contributed by atoms with Gasteiger partial charge in [-0.3, -0.25) is 14.1 Å². The van der Waals surface area contributed by atoms with Crippen molar-refractivity contribution in [3.05, 3.63) is 35.2 Å². The molecule has 11 heteroatoms. The quantitative estimate of drug-likeness (QED) is 0.481. The average molecular weight is 465 g/mol. The zero-order valence-electron chi connectivity index (χ0n) is 18.5. The van der Waals surface area contributed by atoms with Crippen molar-refractivity contribution in [2.75, 3.05) is 43.5 Å². The lowest BCUT2D eigenvalue weighted by molar-refractivity contribution is 0.102. The Kier molecular flexibility index (Phi) is 4.88. The average Bonchev–Trinajstić information content (AvgIpc) is 3.48. The molecule has 2 fully saturated rings. The number of anilines is 2. The van der Waals surface area contributed by atoms with Crippen LogP contribution in [0.1, 0.15) is 28.3 Å². The second kappa shape index (κ2) is 7.92. The van der Waals surface area contributed by atoms with Crippen molar-refractivity contribution in [1.82, 2.24) is 29.2 Å². The van der Waals surface area contributed by atoms with E-state index in [-0.39, 0.29) is 5.91 Å². The van der Waals surface area contributed by atoms with Crippen LogP contribution in [0.25, 0.3) is 16.0 Å². The molecule has 0 unspecified atom stereocenters. The Bertz CT molecular complexity index is 1360. The van der Waals surface area contributed by atoms with Crippen LogP contribution in [0.5, 0.6) is 5.88 Å². The third-order valence-electron chi connectivity index (χ3n) is 6.29. The first kappa shape index (κ1) is 20.3. The molecule has 33 heavy (non-hydrogen) atoms. The normalized spacial score (nSPS) is 18.7. The van der Waals surface area contributed by atoms with Gasteiger partial charge >= 0.3 is 0 Å². The smallest absolute Gasteiger partial charge is 0.285 e. The van der Waals surface area contributed by atoms with Gasteiger partial charge in [0.15, 0.2) is 10.8 Å². The number of methoxy groups -OCH3 is 1. The number of aromatic nitrogens is 5. The Balaban J connectivity index is 1.22. The minimum Gasteiger partial charge on any atom is -0.478 e. The summed E-state index contributed by atoms with van der Waals surface area (Å²) in [7, 11) is 1.53. The highest BCUT2D eigenvalue weighted by Gasteiger charge is 2.31. The number of pyridine rings is 1. The molecular weight excluding hydrogens is 440 g/mol. The van der Waals surface area contributed by atoms with Crippen molar-refractivity contribution in [3.8, 4) is 5.88 Å². The summed E-state index contributed by atoms with van der Waals surface area (Å²) >= 11 is 1.29. The van der Waals surface area contributed by atoms with Gasteiger partial charge in [0.2, 0.25) is 5.65 Å². The molecule has 4 aromatic rings. The number of rotatable bonds is 5. The summed E-state index contributed by atoms with van der Waals surface area (Å²) in [4.78, 5) is 36.6. The van der Waals surface area contributed by atoms with E-state index in [0.717, 1.165) is 34.9 Å². The van der Waals surface area contributed by atoms with E-state index in [1.54, 1.807) is 10.6 Å². The highest BCUT2D eigenvalue weighted by molar-refractivity contribution is 7.20. The molecule has 2 aliphatic heterocycles. The van der Waals surface area contributed by atoms with Gasteiger partial charge in [-0.1, -0.05) is 11.3 Å². The lowest BCUT2D eigenvalue weighted by Crippen LogP contribution is -2.46. The van der Waals surface area contributed by atoms with Gasteiger partial charge in [0.05, 0.1) is 19.0 Å². The molecule has 2 aliphatic rings. The maximum atomic E-state index is 12.9. The van der Waals surface area contributed by atoms with Crippen molar-refractivity contribution in [2.24, 2.45) is 0 Å². The van der Waals surface area contributed by atoms with Gasteiger partial charge in [-0.2, -0.15) is 4.98 Å². The molecule has 1 atom stereocenters. The number of carbonyl (C=O) groups excluding carboxylic acids is 1. The van der Waals surface area contributed by atoms with Gasteiger partial charge in [-0.25, -0.2) is 15.0 Å². The number of nitrogens with one attached hydrogen (secondary N) is 1. The van der Waals surface area contributed by atoms with E-state index >= 15 is 0 Å². The predicted octanol–water partition coefficient (Wildman–Crippen LogP) is 2.59. The lowest BCUT2D eigenvalue weighted by atomic mass is 10.1. The fourth-order valence-corrected chi connectivity index (χ4v) is 5.32. The fraction of sp³-hybridized carbons (Fsp3) is 0.409.